The fourth-order valence-corrected chi connectivity index (χ4v) is 2.10. The van der Waals surface area contributed by atoms with Crippen molar-refractivity contribution in [2.45, 2.75) is 12.8 Å². The molecule has 0 spiro atoms. The second kappa shape index (κ2) is 6.64. The van der Waals surface area contributed by atoms with Gasteiger partial charge in [0.25, 0.3) is 0 Å². The summed E-state index contributed by atoms with van der Waals surface area (Å²) in [6.45, 7) is 1.02. The van der Waals surface area contributed by atoms with E-state index in [1.54, 1.807) is 0 Å². The van der Waals surface area contributed by atoms with Gasteiger partial charge in [0.2, 0.25) is 0 Å². The number of hydrogen-bond donors (Lipinski definition) is 1. The molecule has 17 heavy (non-hydrogen) atoms. The third-order valence-electron chi connectivity index (χ3n) is 2.66. The lowest BCUT2D eigenvalue weighted by molar-refractivity contribution is 0.863. The zero-order valence-corrected chi connectivity index (χ0v) is 11.9. The second-order valence-electron chi connectivity index (χ2n) is 4.02. The van der Waals surface area contributed by atoms with Crippen LogP contribution in [0.2, 0.25) is 0 Å². The van der Waals surface area contributed by atoms with Crippen LogP contribution in [0.1, 0.15) is 12.0 Å². The predicted octanol–water partition coefficient (Wildman–Crippen LogP) is 4.34. The van der Waals surface area contributed by atoms with Crippen molar-refractivity contribution in [3.63, 3.8) is 0 Å². The van der Waals surface area contributed by atoms with Crippen LogP contribution in [0, 0.1) is 3.57 Å². The van der Waals surface area contributed by atoms with E-state index >= 15 is 0 Å². The van der Waals surface area contributed by atoms with Crippen molar-refractivity contribution in [1.82, 2.24) is 0 Å². The van der Waals surface area contributed by atoms with Crippen molar-refractivity contribution >= 4 is 28.3 Å². The van der Waals surface area contributed by atoms with Crippen molar-refractivity contribution in [1.29, 1.82) is 0 Å². The van der Waals surface area contributed by atoms with E-state index in [4.69, 9.17) is 0 Å². The average Bonchev–Trinajstić information content (AvgIpc) is 2.38. The molecule has 2 aromatic carbocycles. The predicted molar refractivity (Wildman–Crippen MR) is 82.4 cm³/mol. The van der Waals surface area contributed by atoms with Crippen LogP contribution in [-0.4, -0.2) is 6.54 Å². The number of halogens is 1. The topological polar surface area (TPSA) is 12.0 Å². The van der Waals surface area contributed by atoms with E-state index in [0.717, 1.165) is 19.4 Å². The number of hydrogen-bond acceptors (Lipinski definition) is 1. The van der Waals surface area contributed by atoms with Crippen molar-refractivity contribution in [2.24, 2.45) is 0 Å². The largest absolute Gasteiger partial charge is 0.385 e. The van der Waals surface area contributed by atoms with Crippen LogP contribution in [-0.2, 0) is 6.42 Å². The SMILES string of the molecule is Ic1ccc(NCCCc2ccccc2)cc1. The van der Waals surface area contributed by atoms with Crippen molar-refractivity contribution in [3.05, 3.63) is 63.7 Å². The van der Waals surface area contributed by atoms with Gasteiger partial charge < -0.3 is 5.32 Å². The summed E-state index contributed by atoms with van der Waals surface area (Å²) < 4.78 is 1.28. The zero-order chi connectivity index (χ0) is 11.9. The first-order chi connectivity index (χ1) is 8.34. The molecule has 2 aromatic rings. The summed E-state index contributed by atoms with van der Waals surface area (Å²) in [5, 5.41) is 3.44. The molecule has 0 atom stereocenters. The molecule has 0 aliphatic heterocycles. The van der Waals surface area contributed by atoms with Gasteiger partial charge in [-0.2, -0.15) is 0 Å². The molecule has 0 fully saturated rings. The van der Waals surface area contributed by atoms with Gasteiger partial charge in [0.15, 0.2) is 0 Å². The monoisotopic (exact) mass is 337 g/mol. The van der Waals surface area contributed by atoms with E-state index in [0.29, 0.717) is 0 Å². The first-order valence-corrected chi connectivity index (χ1v) is 6.96. The van der Waals surface area contributed by atoms with Gasteiger partial charge in [-0.15, -0.1) is 0 Å². The minimum Gasteiger partial charge on any atom is -0.385 e. The van der Waals surface area contributed by atoms with E-state index in [1.165, 1.54) is 14.8 Å². The Morgan fingerprint density at radius 3 is 2.29 bits per heavy atom. The van der Waals surface area contributed by atoms with Crippen LogP contribution in [0.15, 0.2) is 54.6 Å². The summed E-state index contributed by atoms with van der Waals surface area (Å²) in [5.74, 6) is 0. The Hall–Kier alpha value is -1.03. The summed E-state index contributed by atoms with van der Waals surface area (Å²) in [6.07, 6.45) is 2.30. The van der Waals surface area contributed by atoms with Crippen LogP contribution >= 0.6 is 22.6 Å². The maximum atomic E-state index is 3.44. The molecule has 0 aromatic heterocycles. The molecule has 2 heteroatoms. The molecular formula is C15H16IN. The molecule has 0 aliphatic carbocycles. The highest BCUT2D eigenvalue weighted by Gasteiger charge is 1.93. The van der Waals surface area contributed by atoms with Crippen LogP contribution in [0.4, 0.5) is 5.69 Å². The Kier molecular flexibility index (Phi) is 4.86. The fourth-order valence-electron chi connectivity index (χ4n) is 1.74. The van der Waals surface area contributed by atoms with Crippen LogP contribution in [0.25, 0.3) is 0 Å². The molecule has 0 amide bonds. The van der Waals surface area contributed by atoms with E-state index in [1.807, 2.05) is 0 Å². The van der Waals surface area contributed by atoms with Gasteiger partial charge in [-0.1, -0.05) is 30.3 Å². The number of anilines is 1. The van der Waals surface area contributed by atoms with Gasteiger partial charge in [0, 0.05) is 15.8 Å². The average molecular weight is 337 g/mol. The highest BCUT2D eigenvalue weighted by molar-refractivity contribution is 14.1. The van der Waals surface area contributed by atoms with Gasteiger partial charge in [0.05, 0.1) is 0 Å². The van der Waals surface area contributed by atoms with E-state index in [9.17, 15) is 0 Å². The molecule has 2 rings (SSSR count). The van der Waals surface area contributed by atoms with Gasteiger partial charge in [-0.25, -0.2) is 0 Å². The minimum atomic E-state index is 1.02. The molecular weight excluding hydrogens is 321 g/mol. The van der Waals surface area contributed by atoms with Crippen molar-refractivity contribution < 1.29 is 0 Å². The molecule has 0 radical (unpaired) electrons. The highest BCUT2D eigenvalue weighted by atomic mass is 127. The lowest BCUT2D eigenvalue weighted by atomic mass is 10.1. The van der Waals surface area contributed by atoms with Crippen molar-refractivity contribution in [3.8, 4) is 0 Å². The van der Waals surface area contributed by atoms with Crippen molar-refractivity contribution in [2.75, 3.05) is 11.9 Å². The molecule has 0 bridgehead atoms. The molecule has 0 saturated heterocycles. The third kappa shape index (κ3) is 4.38. The van der Waals surface area contributed by atoms with E-state index < -0.39 is 0 Å². The summed E-state index contributed by atoms with van der Waals surface area (Å²) >= 11 is 2.32. The highest BCUT2D eigenvalue weighted by Crippen LogP contribution is 2.11. The quantitative estimate of drug-likeness (QED) is 0.632. The third-order valence-corrected chi connectivity index (χ3v) is 3.38. The molecule has 1 nitrogen and oxygen atoms in total. The summed E-state index contributed by atoms with van der Waals surface area (Å²) in [6, 6.07) is 19.1. The van der Waals surface area contributed by atoms with Gasteiger partial charge >= 0.3 is 0 Å². The van der Waals surface area contributed by atoms with Crippen LogP contribution in [0.5, 0.6) is 0 Å². The van der Waals surface area contributed by atoms with E-state index in [-0.39, 0.29) is 0 Å². The minimum absolute atomic E-state index is 1.02. The van der Waals surface area contributed by atoms with Gasteiger partial charge in [0.1, 0.15) is 0 Å². The number of aryl methyl sites for hydroxylation is 1. The molecule has 0 heterocycles. The zero-order valence-electron chi connectivity index (χ0n) is 9.70. The lowest BCUT2D eigenvalue weighted by Crippen LogP contribution is -2.02. The van der Waals surface area contributed by atoms with E-state index in [2.05, 4.69) is 82.5 Å². The summed E-state index contributed by atoms with van der Waals surface area (Å²) in [5.41, 5.74) is 2.62. The molecule has 0 saturated carbocycles. The Balaban J connectivity index is 1.71. The first kappa shape index (κ1) is 12.4. The summed E-state index contributed by atoms with van der Waals surface area (Å²) in [4.78, 5) is 0. The smallest absolute Gasteiger partial charge is 0.0340 e. The van der Waals surface area contributed by atoms with Gasteiger partial charge in [-0.3, -0.25) is 0 Å². The maximum Gasteiger partial charge on any atom is 0.0340 e. The molecule has 0 aliphatic rings. The maximum absolute atomic E-state index is 3.44. The fraction of sp³-hybridized carbons (Fsp3) is 0.200. The Morgan fingerprint density at radius 1 is 0.882 bits per heavy atom. The summed E-state index contributed by atoms with van der Waals surface area (Å²) in [7, 11) is 0. The normalized spacial score (nSPS) is 10.2. The van der Waals surface area contributed by atoms with Crippen LogP contribution < -0.4 is 5.32 Å². The second-order valence-corrected chi connectivity index (χ2v) is 5.27. The molecule has 1 N–H and O–H groups in total. The standard InChI is InChI=1S/C15H16IN/c16-14-8-10-15(11-9-14)17-12-4-7-13-5-2-1-3-6-13/h1-3,5-6,8-11,17H,4,7,12H2. The number of benzene rings is 2. The van der Waals surface area contributed by atoms with Crippen LogP contribution in [0.3, 0.4) is 0 Å². The number of rotatable bonds is 5. The molecule has 0 unspecified atom stereocenters. The Bertz CT molecular complexity index is 436. The first-order valence-electron chi connectivity index (χ1n) is 5.88. The lowest BCUT2D eigenvalue weighted by Gasteiger charge is -2.06. The van der Waals surface area contributed by atoms with Gasteiger partial charge in [-0.05, 0) is 65.3 Å². The number of nitrogens with one attached hydrogen (secondary N) is 1. The Morgan fingerprint density at radius 2 is 1.59 bits per heavy atom. The Labute approximate surface area is 116 Å². The molecule has 88 valence electrons.